The number of alkyl halides is 7. The molecule has 21 heavy (non-hydrogen) atoms. The first-order valence-corrected chi connectivity index (χ1v) is 7.77. The molecule has 0 aromatic heterocycles. The average Bonchev–Trinajstić information content (AvgIpc) is 2.08. The highest BCUT2D eigenvalue weighted by molar-refractivity contribution is 8.05. The Morgan fingerprint density at radius 1 is 0.667 bits per heavy atom. The maximum Gasteiger partial charge on any atom is 0.418 e. The van der Waals surface area contributed by atoms with E-state index in [-0.39, 0.29) is 18.0 Å². The van der Waals surface area contributed by atoms with Crippen molar-refractivity contribution in [3.05, 3.63) is 0 Å². The second kappa shape index (κ2) is 4.94. The smallest absolute Gasteiger partial charge is 0.225 e. The highest BCUT2D eigenvalue weighted by Gasteiger charge is 2.76. The number of rotatable bonds is 4. The molecule has 0 amide bonds. The van der Waals surface area contributed by atoms with Crippen LogP contribution in [0.4, 0.5) is 30.7 Å². The first-order valence-electron chi connectivity index (χ1n) is 4.81. The first kappa shape index (κ1) is 20.4. The summed E-state index contributed by atoms with van der Waals surface area (Å²) in [6.45, 7) is -0.289. The predicted molar refractivity (Wildman–Crippen MR) is 56.7 cm³/mol. The van der Waals surface area contributed by atoms with E-state index in [4.69, 9.17) is 0 Å². The zero-order chi connectivity index (χ0) is 17.7. The summed E-state index contributed by atoms with van der Waals surface area (Å²) in [6, 6.07) is 0. The molecular weight excluding hydrogens is 359 g/mol. The van der Waals surface area contributed by atoms with Crippen molar-refractivity contribution < 1.29 is 47.6 Å². The van der Waals surface area contributed by atoms with E-state index in [2.05, 4.69) is 0 Å². The second-order valence-corrected chi connectivity index (χ2v) is 8.95. The molecule has 0 aromatic carbocycles. The van der Waals surface area contributed by atoms with Gasteiger partial charge in [0.1, 0.15) is 0 Å². The molecule has 0 atom stereocenters. The van der Waals surface area contributed by atoms with Crippen LogP contribution >= 0.6 is 0 Å². The third kappa shape index (κ3) is 3.41. The number of hydrogen-bond donors (Lipinski definition) is 1. The Hall–Kier alpha value is -0.630. The fourth-order valence-corrected chi connectivity index (χ4v) is 4.02. The van der Waals surface area contributed by atoms with E-state index >= 15 is 0 Å². The molecule has 14 heteroatoms. The number of sulfonamides is 2. The molecule has 5 nitrogen and oxygen atoms in total. The normalized spacial score (nSPS) is 16.1. The molecule has 0 rings (SSSR count). The Labute approximate surface area is 115 Å². The highest BCUT2D eigenvalue weighted by atomic mass is 32.3. The van der Waals surface area contributed by atoms with E-state index in [1.54, 1.807) is 0 Å². The Morgan fingerprint density at radius 2 is 0.952 bits per heavy atom. The first-order chi connectivity index (χ1) is 8.71. The molecule has 0 aliphatic heterocycles. The topological polar surface area (TPSA) is 80.3 Å². The fourth-order valence-electron chi connectivity index (χ4n) is 0.792. The van der Waals surface area contributed by atoms with Gasteiger partial charge < -0.3 is 0 Å². The van der Waals surface area contributed by atoms with Crippen molar-refractivity contribution in [1.29, 1.82) is 0 Å². The quantitative estimate of drug-likeness (QED) is 0.767. The van der Waals surface area contributed by atoms with Crippen molar-refractivity contribution >= 4 is 20.0 Å². The zero-order valence-electron chi connectivity index (χ0n) is 10.6. The number of nitrogens with one attached hydrogen (secondary N) is 1. The molecule has 0 radical (unpaired) electrons. The van der Waals surface area contributed by atoms with Gasteiger partial charge in [-0.15, -0.1) is 4.13 Å². The standard InChI is InChI=1S/C7H10F7NO4S2/c1-4(2,8)20(16,17)15-21(18,19)5(3,6(9,10)11)7(12,13)14/h15H,1-3H3. The SMILES string of the molecule is CC(C)(F)S(=O)(=O)NS(=O)(=O)C(C)(C(F)(F)F)C(F)(F)F. The maximum atomic E-state index is 13.2. The van der Waals surface area contributed by atoms with Gasteiger partial charge in [0.05, 0.1) is 0 Å². The van der Waals surface area contributed by atoms with Gasteiger partial charge in [-0.25, -0.2) is 21.2 Å². The van der Waals surface area contributed by atoms with E-state index in [0.29, 0.717) is 0 Å². The van der Waals surface area contributed by atoms with Gasteiger partial charge in [-0.2, -0.15) is 26.3 Å². The van der Waals surface area contributed by atoms with Crippen LogP contribution in [0.3, 0.4) is 0 Å². The van der Waals surface area contributed by atoms with Crippen LogP contribution in [0.25, 0.3) is 0 Å². The van der Waals surface area contributed by atoms with Gasteiger partial charge in [-0.1, -0.05) is 0 Å². The van der Waals surface area contributed by atoms with Crippen LogP contribution in [-0.4, -0.2) is 38.9 Å². The number of halogens is 7. The average molecular weight is 369 g/mol. The molecule has 0 aliphatic carbocycles. The third-order valence-electron chi connectivity index (χ3n) is 2.48. The summed E-state index contributed by atoms with van der Waals surface area (Å²) in [5.41, 5.74) is 0. The Kier molecular flexibility index (Phi) is 4.79. The molecule has 0 aromatic rings. The summed E-state index contributed by atoms with van der Waals surface area (Å²) >= 11 is 0. The van der Waals surface area contributed by atoms with Crippen molar-refractivity contribution in [3.63, 3.8) is 0 Å². The minimum Gasteiger partial charge on any atom is -0.225 e. The second-order valence-electron chi connectivity index (χ2n) is 4.48. The van der Waals surface area contributed by atoms with E-state index in [1.807, 2.05) is 0 Å². The van der Waals surface area contributed by atoms with Gasteiger partial charge in [-0.3, -0.25) is 0 Å². The molecule has 1 N–H and O–H groups in total. The van der Waals surface area contributed by atoms with Crippen LogP contribution in [0, 0.1) is 0 Å². The molecule has 128 valence electrons. The number of hydrogen-bond acceptors (Lipinski definition) is 4. The van der Waals surface area contributed by atoms with Gasteiger partial charge in [0.15, 0.2) is 0 Å². The van der Waals surface area contributed by atoms with Crippen molar-refractivity contribution in [2.45, 2.75) is 42.9 Å². The van der Waals surface area contributed by atoms with E-state index in [0.717, 1.165) is 0 Å². The van der Waals surface area contributed by atoms with Gasteiger partial charge in [-0.05, 0) is 20.8 Å². The maximum absolute atomic E-state index is 13.2. The van der Waals surface area contributed by atoms with Crippen molar-refractivity contribution in [2.24, 2.45) is 0 Å². The third-order valence-corrected chi connectivity index (χ3v) is 7.05. The fraction of sp³-hybridized carbons (Fsp3) is 1.00. The molecule has 0 heterocycles. The van der Waals surface area contributed by atoms with Crippen LogP contribution < -0.4 is 4.13 Å². The molecule has 0 unspecified atom stereocenters. The lowest BCUT2D eigenvalue weighted by Gasteiger charge is -2.33. The summed E-state index contributed by atoms with van der Waals surface area (Å²) in [7, 11) is -12.3. The summed E-state index contributed by atoms with van der Waals surface area (Å²) in [6.07, 6.45) is -12.8. The predicted octanol–water partition coefficient (Wildman–Crippen LogP) is 1.82. The lowest BCUT2D eigenvalue weighted by atomic mass is 10.1. The molecule has 0 spiro atoms. The monoisotopic (exact) mass is 369 g/mol. The van der Waals surface area contributed by atoms with Crippen LogP contribution in [0.1, 0.15) is 20.8 Å². The van der Waals surface area contributed by atoms with E-state index in [1.165, 1.54) is 0 Å². The molecular formula is C7H10F7NO4S2. The van der Waals surface area contributed by atoms with E-state index in [9.17, 15) is 47.6 Å². The zero-order valence-corrected chi connectivity index (χ0v) is 12.2. The minimum atomic E-state index is -6.61. The van der Waals surface area contributed by atoms with Gasteiger partial charge in [0.2, 0.25) is 15.0 Å². The minimum absolute atomic E-state index is 0.156. The lowest BCUT2D eigenvalue weighted by molar-refractivity contribution is -0.261. The van der Waals surface area contributed by atoms with Crippen LogP contribution in [-0.2, 0) is 20.0 Å². The van der Waals surface area contributed by atoms with Gasteiger partial charge in [0.25, 0.3) is 14.8 Å². The molecule has 0 fully saturated rings. The molecule has 0 saturated heterocycles. The Balaban J connectivity index is 6.24. The summed E-state index contributed by atoms with van der Waals surface area (Å²) < 4.78 is 128. The van der Waals surface area contributed by atoms with Crippen molar-refractivity contribution in [3.8, 4) is 0 Å². The Morgan fingerprint density at radius 3 is 1.14 bits per heavy atom. The van der Waals surface area contributed by atoms with Crippen molar-refractivity contribution in [2.75, 3.05) is 0 Å². The largest absolute Gasteiger partial charge is 0.418 e. The molecule has 0 aliphatic rings. The Bertz CT molecular complexity index is 582. The van der Waals surface area contributed by atoms with E-state index < -0.39 is 49.1 Å². The summed E-state index contributed by atoms with van der Waals surface area (Å²) in [4.78, 5) is 0. The highest BCUT2D eigenvalue weighted by Crippen LogP contribution is 2.48. The van der Waals surface area contributed by atoms with Crippen LogP contribution in [0.15, 0.2) is 0 Å². The summed E-state index contributed by atoms with van der Waals surface area (Å²) in [5.74, 6) is 0. The van der Waals surface area contributed by atoms with Gasteiger partial charge in [0, 0.05) is 0 Å². The lowest BCUT2D eigenvalue weighted by Crippen LogP contribution is -2.64. The summed E-state index contributed by atoms with van der Waals surface area (Å²) in [5, 5.41) is -3.43. The van der Waals surface area contributed by atoms with Crippen LogP contribution in [0.5, 0.6) is 0 Å². The molecule has 0 bridgehead atoms. The van der Waals surface area contributed by atoms with Crippen LogP contribution in [0.2, 0.25) is 0 Å². The molecule has 0 saturated carbocycles. The van der Waals surface area contributed by atoms with Crippen molar-refractivity contribution in [1.82, 2.24) is 4.13 Å². The van der Waals surface area contributed by atoms with Gasteiger partial charge >= 0.3 is 12.4 Å².